The molecule has 0 aromatic carbocycles. The van der Waals surface area contributed by atoms with E-state index in [1.165, 1.54) is 17.7 Å². The fourth-order valence-electron chi connectivity index (χ4n) is 7.73. The maximum Gasteiger partial charge on any atom is 0.182 e. The van der Waals surface area contributed by atoms with Crippen molar-refractivity contribution in [2.45, 2.75) is 95.6 Å². The van der Waals surface area contributed by atoms with Crippen LogP contribution >= 0.6 is 11.3 Å². The number of hydrogen-bond donors (Lipinski definition) is 1. The van der Waals surface area contributed by atoms with Gasteiger partial charge in [-0.15, -0.1) is 11.3 Å². The van der Waals surface area contributed by atoms with Crippen LogP contribution in [0.1, 0.15) is 104 Å². The number of hydrogen-bond acceptors (Lipinski definition) is 9. The number of nitrogen functional groups attached to an aromatic ring is 1. The average Bonchev–Trinajstić information content (AvgIpc) is 3.72. The second kappa shape index (κ2) is 9.38. The first-order valence-electron chi connectivity index (χ1n) is 14.6. The van der Waals surface area contributed by atoms with Crippen molar-refractivity contribution in [3.8, 4) is 17.6 Å². The van der Waals surface area contributed by atoms with Gasteiger partial charge in [-0.3, -0.25) is 4.68 Å². The highest BCUT2D eigenvalue weighted by atomic mass is 32.1. The van der Waals surface area contributed by atoms with Crippen molar-refractivity contribution in [1.29, 1.82) is 5.26 Å². The highest BCUT2D eigenvalue weighted by molar-refractivity contribution is 7.16. The molecule has 0 saturated carbocycles. The first kappa shape index (κ1) is 25.7. The Morgan fingerprint density at radius 3 is 2.73 bits per heavy atom. The molecule has 1 saturated heterocycles. The van der Waals surface area contributed by atoms with Crippen LogP contribution in [0.5, 0.6) is 0 Å². The molecule has 1 aliphatic heterocycles. The number of fused-ring (bicyclic) bond motifs is 5. The summed E-state index contributed by atoms with van der Waals surface area (Å²) in [4.78, 5) is 13.7. The molecule has 0 amide bonds. The van der Waals surface area contributed by atoms with Crippen molar-refractivity contribution in [3.63, 3.8) is 0 Å². The Kier molecular flexibility index (Phi) is 6.02. The first-order chi connectivity index (χ1) is 19.3. The van der Waals surface area contributed by atoms with Crippen LogP contribution in [0.2, 0.25) is 0 Å². The minimum atomic E-state index is -0.356. The van der Waals surface area contributed by atoms with Crippen molar-refractivity contribution in [3.05, 3.63) is 39.2 Å². The molecule has 5 heterocycles. The zero-order valence-corrected chi connectivity index (χ0v) is 24.5. The van der Waals surface area contributed by atoms with Crippen LogP contribution < -0.4 is 5.73 Å². The maximum absolute atomic E-state index is 10.0. The lowest BCUT2D eigenvalue weighted by molar-refractivity contribution is 0.265. The molecule has 9 nitrogen and oxygen atoms in total. The van der Waals surface area contributed by atoms with E-state index in [4.69, 9.17) is 25.3 Å². The van der Waals surface area contributed by atoms with Gasteiger partial charge in [0.2, 0.25) is 0 Å². The number of likely N-dealkylation sites (tertiary alicyclic amines) is 1. The number of likely N-dealkylation sites (N-methyl/N-ethyl adjacent to an activating group) is 1. The lowest BCUT2D eigenvalue weighted by Crippen LogP contribution is -2.35. The Bertz CT molecular complexity index is 1650. The predicted octanol–water partition coefficient (Wildman–Crippen LogP) is 5.73. The lowest BCUT2D eigenvalue weighted by atomic mass is 9.63. The van der Waals surface area contributed by atoms with Gasteiger partial charge >= 0.3 is 0 Å². The monoisotopic (exact) mass is 556 g/mol. The molecule has 0 radical (unpaired) electrons. The molecule has 4 aromatic rings. The molecule has 7 rings (SSSR count). The summed E-state index contributed by atoms with van der Waals surface area (Å²) in [5.74, 6) is 1.72. The van der Waals surface area contributed by atoms with Crippen LogP contribution in [-0.4, -0.2) is 49.4 Å². The largest absolute Gasteiger partial charge is 0.389 e. The van der Waals surface area contributed by atoms with Crippen LogP contribution in [-0.2, 0) is 18.3 Å². The highest BCUT2D eigenvalue weighted by Gasteiger charge is 2.48. The Hall–Kier alpha value is -3.29. The summed E-state index contributed by atoms with van der Waals surface area (Å²) >= 11 is 1.56. The Balaban J connectivity index is 1.36. The molecule has 1 spiro atoms. The molecule has 10 heteroatoms. The predicted molar refractivity (Wildman–Crippen MR) is 155 cm³/mol. The van der Waals surface area contributed by atoms with Gasteiger partial charge < -0.3 is 15.2 Å². The third kappa shape index (κ3) is 3.60. The number of nitriles is 1. The molecule has 3 aliphatic rings. The van der Waals surface area contributed by atoms with Crippen LogP contribution in [0.15, 0.2) is 10.7 Å². The zero-order valence-electron chi connectivity index (χ0n) is 23.7. The van der Waals surface area contributed by atoms with Crippen molar-refractivity contribution >= 4 is 27.4 Å². The smallest absolute Gasteiger partial charge is 0.182 e. The van der Waals surface area contributed by atoms with E-state index in [1.807, 2.05) is 6.20 Å². The molecule has 2 N–H and O–H groups in total. The molecule has 4 aromatic heterocycles. The molecule has 40 heavy (non-hydrogen) atoms. The van der Waals surface area contributed by atoms with Crippen LogP contribution in [0.3, 0.4) is 0 Å². The lowest BCUT2D eigenvalue weighted by Gasteiger charge is -2.39. The quantitative estimate of drug-likeness (QED) is 0.338. The third-order valence-electron chi connectivity index (χ3n) is 9.62. The summed E-state index contributed by atoms with van der Waals surface area (Å²) < 4.78 is 8.28. The van der Waals surface area contributed by atoms with E-state index in [2.05, 4.69) is 48.6 Å². The van der Waals surface area contributed by atoms with E-state index in [1.54, 1.807) is 11.3 Å². The van der Waals surface area contributed by atoms with Gasteiger partial charge in [-0.2, -0.15) is 10.4 Å². The molecular formula is C30H36N8OS. The van der Waals surface area contributed by atoms with E-state index in [-0.39, 0.29) is 17.4 Å². The normalized spacial score (nSPS) is 23.6. The van der Waals surface area contributed by atoms with Crippen LogP contribution in [0, 0.1) is 11.3 Å². The number of aryl methyl sites for hydroxylation is 1. The van der Waals surface area contributed by atoms with Gasteiger partial charge in [0.25, 0.3) is 0 Å². The maximum atomic E-state index is 10.0. The third-order valence-corrected chi connectivity index (χ3v) is 10.7. The van der Waals surface area contributed by atoms with E-state index >= 15 is 0 Å². The van der Waals surface area contributed by atoms with Gasteiger partial charge in [0.15, 0.2) is 17.3 Å². The fraction of sp³-hybridized carbons (Fsp3) is 0.567. The highest BCUT2D eigenvalue weighted by Crippen LogP contribution is 2.55. The molecule has 1 fully saturated rings. The van der Waals surface area contributed by atoms with Gasteiger partial charge in [0, 0.05) is 28.4 Å². The molecule has 208 valence electrons. The topological polar surface area (TPSA) is 123 Å². The standard InChI is InChI=1S/C30H36N8OS/c1-16(2)38-21-15-33-29(34-26(21)24(35-38)17(3)20-9-7-13-37(20)4)25-18-8-5-11-30(27(18)39-36-25)12-6-10-22-23(30)19(14-31)28(32)40-22/h15-17,20H,5-13,32H2,1-4H3/t17-,20-,30-/m0/s1. The minimum absolute atomic E-state index is 0.201. The second-order valence-electron chi connectivity index (χ2n) is 12.2. The van der Waals surface area contributed by atoms with Crippen molar-refractivity contribution in [2.24, 2.45) is 0 Å². The minimum Gasteiger partial charge on any atom is -0.389 e. The molecular weight excluding hydrogens is 520 g/mol. The number of rotatable bonds is 4. The number of aromatic nitrogens is 5. The van der Waals surface area contributed by atoms with Crippen LogP contribution in [0.25, 0.3) is 22.6 Å². The molecule has 0 unspecified atom stereocenters. The van der Waals surface area contributed by atoms with E-state index < -0.39 is 0 Å². The Morgan fingerprint density at radius 2 is 2.00 bits per heavy atom. The summed E-state index contributed by atoms with van der Waals surface area (Å²) in [7, 11) is 2.21. The van der Waals surface area contributed by atoms with Gasteiger partial charge in [-0.25, -0.2) is 9.97 Å². The molecule has 3 atom stereocenters. The van der Waals surface area contributed by atoms with Gasteiger partial charge in [-0.05, 0) is 84.4 Å². The summed E-state index contributed by atoms with van der Waals surface area (Å²) in [6.07, 6.45) is 10.0. The van der Waals surface area contributed by atoms with E-state index in [0.717, 1.165) is 84.4 Å². The van der Waals surface area contributed by atoms with Crippen LogP contribution in [0.4, 0.5) is 5.00 Å². The summed E-state index contributed by atoms with van der Waals surface area (Å²) in [6.45, 7) is 7.70. The number of anilines is 1. The van der Waals surface area contributed by atoms with Crippen molar-refractivity contribution in [1.82, 2.24) is 29.8 Å². The summed E-state index contributed by atoms with van der Waals surface area (Å²) in [5, 5.41) is 20.3. The average molecular weight is 557 g/mol. The van der Waals surface area contributed by atoms with Gasteiger partial charge in [0.05, 0.1) is 22.9 Å². The van der Waals surface area contributed by atoms with Gasteiger partial charge in [0.1, 0.15) is 22.1 Å². The summed E-state index contributed by atoms with van der Waals surface area (Å²) in [5.41, 5.74) is 12.4. The zero-order chi connectivity index (χ0) is 27.8. The van der Waals surface area contributed by atoms with Gasteiger partial charge in [-0.1, -0.05) is 12.1 Å². The SMILES string of the molecule is CC(C)n1nc([C@@H](C)[C@@H]2CCCN2C)c2nc(-c3noc4c3CCC[C@@]43CCCc4sc(N)c(C#N)c43)ncc21. The molecule has 2 aliphatic carbocycles. The second-order valence-corrected chi connectivity index (χ2v) is 13.3. The Labute approximate surface area is 238 Å². The number of thiophene rings is 1. The van der Waals surface area contributed by atoms with Crippen molar-refractivity contribution < 1.29 is 4.52 Å². The molecule has 0 bridgehead atoms. The van der Waals surface area contributed by atoms with Crippen molar-refractivity contribution in [2.75, 3.05) is 19.3 Å². The summed E-state index contributed by atoms with van der Waals surface area (Å²) in [6, 6.07) is 3.05. The fourth-order valence-corrected chi connectivity index (χ4v) is 8.89. The van der Waals surface area contributed by atoms with E-state index in [0.29, 0.717) is 22.4 Å². The first-order valence-corrected chi connectivity index (χ1v) is 15.4. The number of nitrogens with two attached hydrogens (primary N) is 1. The number of nitrogens with zero attached hydrogens (tertiary/aromatic N) is 7. The Morgan fingerprint density at radius 1 is 1.20 bits per heavy atom. The van der Waals surface area contributed by atoms with E-state index in [9.17, 15) is 5.26 Å².